The maximum absolute atomic E-state index is 13.0. The Kier molecular flexibility index (Phi) is 6.38. The maximum Gasteiger partial charge on any atom is 0.274 e. The standard InChI is InChI=1S/C20H23N5O3S/c1-4-14(5-2)19(17-10-7-11-29-17)21-20(26)18-13(3)24(23-22-18)15-8-6-9-16(12-15)25(27)28/h6-12,14,19H,4-5H2,1-3H3,(H,21,26). The van der Waals surface area contributed by atoms with E-state index in [0.717, 1.165) is 17.7 Å². The third kappa shape index (κ3) is 4.34. The predicted molar refractivity (Wildman–Crippen MR) is 111 cm³/mol. The van der Waals surface area contributed by atoms with Crippen molar-refractivity contribution in [2.75, 3.05) is 0 Å². The summed E-state index contributed by atoms with van der Waals surface area (Å²) in [5.41, 5.74) is 1.18. The number of carbonyl (C=O) groups is 1. The number of aromatic nitrogens is 3. The molecule has 0 aliphatic carbocycles. The molecule has 0 spiro atoms. The van der Waals surface area contributed by atoms with Crippen LogP contribution >= 0.6 is 11.3 Å². The summed E-state index contributed by atoms with van der Waals surface area (Å²) in [6.45, 7) is 5.96. The third-order valence-corrected chi connectivity index (χ3v) is 6.01. The van der Waals surface area contributed by atoms with Crippen molar-refractivity contribution in [3.63, 3.8) is 0 Å². The van der Waals surface area contributed by atoms with E-state index < -0.39 is 4.92 Å². The number of amides is 1. The topological polar surface area (TPSA) is 103 Å². The van der Waals surface area contributed by atoms with Crippen molar-refractivity contribution in [2.24, 2.45) is 5.92 Å². The molecule has 9 heteroatoms. The monoisotopic (exact) mass is 413 g/mol. The van der Waals surface area contributed by atoms with Crippen LogP contribution in [0.4, 0.5) is 5.69 Å². The van der Waals surface area contributed by atoms with Crippen molar-refractivity contribution in [3.05, 3.63) is 68.2 Å². The first-order valence-electron chi connectivity index (χ1n) is 9.47. The Morgan fingerprint density at radius 3 is 2.66 bits per heavy atom. The lowest BCUT2D eigenvalue weighted by molar-refractivity contribution is -0.384. The predicted octanol–water partition coefficient (Wildman–Crippen LogP) is 4.45. The molecule has 1 N–H and O–H groups in total. The first kappa shape index (κ1) is 20.7. The number of thiophene rings is 1. The van der Waals surface area contributed by atoms with Gasteiger partial charge in [-0.3, -0.25) is 14.9 Å². The molecule has 1 unspecified atom stereocenters. The minimum absolute atomic E-state index is 0.0464. The molecule has 3 aromatic rings. The number of nitro groups is 1. The number of nitrogens with zero attached hydrogens (tertiary/aromatic N) is 4. The van der Waals surface area contributed by atoms with E-state index in [1.54, 1.807) is 30.4 Å². The summed E-state index contributed by atoms with van der Waals surface area (Å²) >= 11 is 1.62. The van der Waals surface area contributed by atoms with Crippen molar-refractivity contribution in [3.8, 4) is 5.69 Å². The Bertz CT molecular complexity index is 995. The Morgan fingerprint density at radius 2 is 2.03 bits per heavy atom. The molecule has 2 aromatic heterocycles. The molecule has 0 saturated carbocycles. The zero-order valence-corrected chi connectivity index (χ0v) is 17.3. The Morgan fingerprint density at radius 1 is 1.28 bits per heavy atom. The highest BCUT2D eigenvalue weighted by Gasteiger charge is 2.26. The molecular formula is C20H23N5O3S. The zero-order chi connectivity index (χ0) is 21.0. The number of benzene rings is 1. The van der Waals surface area contributed by atoms with Gasteiger partial charge in [0.2, 0.25) is 0 Å². The van der Waals surface area contributed by atoms with Crippen LogP contribution in [0.15, 0.2) is 41.8 Å². The summed E-state index contributed by atoms with van der Waals surface area (Å²) in [6, 6.07) is 9.99. The minimum Gasteiger partial charge on any atom is -0.343 e. The fourth-order valence-electron chi connectivity index (χ4n) is 3.38. The highest BCUT2D eigenvalue weighted by Crippen LogP contribution is 2.31. The van der Waals surface area contributed by atoms with Gasteiger partial charge in [-0.2, -0.15) is 0 Å². The molecule has 3 rings (SSSR count). The summed E-state index contributed by atoms with van der Waals surface area (Å²) in [4.78, 5) is 24.7. The van der Waals surface area contributed by atoms with E-state index in [0.29, 0.717) is 17.3 Å². The van der Waals surface area contributed by atoms with E-state index in [-0.39, 0.29) is 23.3 Å². The molecule has 2 heterocycles. The molecule has 29 heavy (non-hydrogen) atoms. The Labute approximate surface area is 172 Å². The van der Waals surface area contributed by atoms with Crippen LogP contribution in [0.1, 0.15) is 53.8 Å². The summed E-state index contributed by atoms with van der Waals surface area (Å²) < 4.78 is 1.44. The second-order valence-electron chi connectivity index (χ2n) is 6.76. The van der Waals surface area contributed by atoms with E-state index in [2.05, 4.69) is 29.5 Å². The van der Waals surface area contributed by atoms with Crippen LogP contribution < -0.4 is 5.32 Å². The number of nitro benzene ring substituents is 1. The summed E-state index contributed by atoms with van der Waals surface area (Å²) in [5, 5.41) is 24.3. The second-order valence-corrected chi connectivity index (χ2v) is 7.73. The van der Waals surface area contributed by atoms with Crippen LogP contribution in [-0.2, 0) is 0 Å². The van der Waals surface area contributed by atoms with E-state index in [1.165, 1.54) is 16.8 Å². The lowest BCUT2D eigenvalue weighted by atomic mass is 9.93. The SMILES string of the molecule is CCC(CC)C(NC(=O)c1nnn(-c2cccc([N+](=O)[O-])c2)c1C)c1cccs1. The molecular weight excluding hydrogens is 390 g/mol. The lowest BCUT2D eigenvalue weighted by Gasteiger charge is -2.25. The van der Waals surface area contributed by atoms with Gasteiger partial charge in [-0.05, 0) is 30.4 Å². The molecule has 1 amide bonds. The van der Waals surface area contributed by atoms with Crippen molar-refractivity contribution in [1.82, 2.24) is 20.3 Å². The Hall–Kier alpha value is -3.07. The Balaban J connectivity index is 1.88. The van der Waals surface area contributed by atoms with Crippen molar-refractivity contribution < 1.29 is 9.72 Å². The first-order chi connectivity index (χ1) is 14.0. The number of non-ortho nitro benzene ring substituents is 1. The lowest BCUT2D eigenvalue weighted by Crippen LogP contribution is -2.33. The molecule has 0 saturated heterocycles. The third-order valence-electron chi connectivity index (χ3n) is 5.05. The molecule has 8 nitrogen and oxygen atoms in total. The molecule has 152 valence electrons. The van der Waals surface area contributed by atoms with Crippen molar-refractivity contribution in [2.45, 2.75) is 39.7 Å². The van der Waals surface area contributed by atoms with E-state index >= 15 is 0 Å². The fraction of sp³-hybridized carbons (Fsp3) is 0.350. The summed E-state index contributed by atoms with van der Waals surface area (Å²) in [6.07, 6.45) is 1.89. The van der Waals surface area contributed by atoms with Crippen LogP contribution in [0.3, 0.4) is 0 Å². The number of carbonyl (C=O) groups excluding carboxylic acids is 1. The van der Waals surface area contributed by atoms with Gasteiger partial charge in [-0.1, -0.05) is 44.0 Å². The van der Waals surface area contributed by atoms with Crippen LogP contribution in [0, 0.1) is 23.0 Å². The van der Waals surface area contributed by atoms with Gasteiger partial charge in [-0.15, -0.1) is 16.4 Å². The van der Waals surface area contributed by atoms with Gasteiger partial charge in [-0.25, -0.2) is 4.68 Å². The zero-order valence-electron chi connectivity index (χ0n) is 16.5. The molecule has 0 aliphatic rings. The average Bonchev–Trinajstić information content (AvgIpc) is 3.38. The minimum atomic E-state index is -0.468. The fourth-order valence-corrected chi connectivity index (χ4v) is 4.25. The van der Waals surface area contributed by atoms with Crippen LogP contribution in [0.25, 0.3) is 5.69 Å². The van der Waals surface area contributed by atoms with E-state index in [1.807, 2.05) is 17.5 Å². The molecule has 1 aromatic carbocycles. The quantitative estimate of drug-likeness (QED) is 0.434. The molecule has 1 atom stereocenters. The first-order valence-corrected chi connectivity index (χ1v) is 10.4. The van der Waals surface area contributed by atoms with Gasteiger partial charge in [0, 0.05) is 17.0 Å². The molecule has 0 bridgehead atoms. The molecule has 0 aliphatic heterocycles. The highest BCUT2D eigenvalue weighted by molar-refractivity contribution is 7.10. The number of nitrogens with one attached hydrogen (secondary N) is 1. The van der Waals surface area contributed by atoms with Gasteiger partial charge >= 0.3 is 0 Å². The van der Waals surface area contributed by atoms with Crippen LogP contribution in [0.2, 0.25) is 0 Å². The average molecular weight is 414 g/mol. The van der Waals surface area contributed by atoms with Crippen LogP contribution in [0.5, 0.6) is 0 Å². The highest BCUT2D eigenvalue weighted by atomic mass is 32.1. The summed E-state index contributed by atoms with van der Waals surface area (Å²) in [7, 11) is 0. The number of rotatable bonds is 8. The normalized spacial score (nSPS) is 12.1. The summed E-state index contributed by atoms with van der Waals surface area (Å²) in [5.74, 6) is 0.00852. The maximum atomic E-state index is 13.0. The van der Waals surface area contributed by atoms with Gasteiger partial charge in [0.25, 0.3) is 11.6 Å². The molecule has 0 radical (unpaired) electrons. The van der Waals surface area contributed by atoms with Crippen LogP contribution in [-0.4, -0.2) is 25.8 Å². The van der Waals surface area contributed by atoms with Gasteiger partial charge in [0.15, 0.2) is 5.69 Å². The second kappa shape index (κ2) is 8.95. The van der Waals surface area contributed by atoms with E-state index in [9.17, 15) is 14.9 Å². The van der Waals surface area contributed by atoms with E-state index in [4.69, 9.17) is 0 Å². The number of hydrogen-bond donors (Lipinski definition) is 1. The van der Waals surface area contributed by atoms with Crippen molar-refractivity contribution >= 4 is 22.9 Å². The number of hydrogen-bond acceptors (Lipinski definition) is 6. The molecule has 0 fully saturated rings. The van der Waals surface area contributed by atoms with Gasteiger partial charge < -0.3 is 5.32 Å². The largest absolute Gasteiger partial charge is 0.343 e. The van der Waals surface area contributed by atoms with Gasteiger partial charge in [0.1, 0.15) is 0 Å². The smallest absolute Gasteiger partial charge is 0.274 e. The van der Waals surface area contributed by atoms with Crippen molar-refractivity contribution in [1.29, 1.82) is 0 Å². The van der Waals surface area contributed by atoms with Gasteiger partial charge in [0.05, 0.1) is 22.3 Å².